The Morgan fingerprint density at radius 1 is 1.28 bits per heavy atom. The van der Waals surface area contributed by atoms with Gasteiger partial charge < -0.3 is 15.6 Å². The van der Waals surface area contributed by atoms with Gasteiger partial charge in [0.1, 0.15) is 23.2 Å². The van der Waals surface area contributed by atoms with Gasteiger partial charge in [-0.15, -0.1) is 0 Å². The van der Waals surface area contributed by atoms with Gasteiger partial charge in [-0.2, -0.15) is 10.4 Å². The van der Waals surface area contributed by atoms with Crippen LogP contribution in [0.1, 0.15) is 62.0 Å². The normalized spacial score (nSPS) is 12.2. The SMILES string of the molecule is Cc1cc(=O)[nH]c(CNC(=O)C(NC(=O)c2nn(CCCCC#N)c3c(F)cccc23)C(C)(C)C)n1. The van der Waals surface area contributed by atoms with E-state index in [4.69, 9.17) is 5.26 Å². The number of benzene rings is 1. The van der Waals surface area contributed by atoms with Crippen molar-refractivity contribution < 1.29 is 14.0 Å². The van der Waals surface area contributed by atoms with Gasteiger partial charge in [-0.3, -0.25) is 19.1 Å². The number of unbranched alkanes of at least 4 members (excludes halogenated alkanes) is 2. The molecule has 3 N–H and O–H groups in total. The number of nitrogens with zero attached hydrogens (tertiary/aromatic N) is 4. The lowest BCUT2D eigenvalue weighted by atomic mass is 9.86. The number of amides is 2. The van der Waals surface area contributed by atoms with E-state index in [-0.39, 0.29) is 23.3 Å². The van der Waals surface area contributed by atoms with Crippen LogP contribution < -0.4 is 16.2 Å². The standard InChI is InChI=1S/C25H30FN7O3/c1-15-13-19(34)30-18(29-15)14-28-24(36)22(25(2,3)4)31-23(35)20-16-9-8-10-17(26)21(16)33(32-20)12-7-5-6-11-27/h8-10,13,22H,5-7,12,14H2,1-4H3,(H,28,36)(H,31,35)(H,29,30,34). The Morgan fingerprint density at radius 3 is 2.69 bits per heavy atom. The average molecular weight is 496 g/mol. The first-order chi connectivity index (χ1) is 17.0. The molecule has 1 unspecified atom stereocenters. The molecule has 0 fully saturated rings. The van der Waals surface area contributed by atoms with Gasteiger partial charge in [0.2, 0.25) is 5.91 Å². The smallest absolute Gasteiger partial charge is 0.273 e. The first-order valence-corrected chi connectivity index (χ1v) is 11.7. The number of aromatic amines is 1. The molecule has 2 aromatic heterocycles. The van der Waals surface area contributed by atoms with Gasteiger partial charge in [0, 0.05) is 30.1 Å². The van der Waals surface area contributed by atoms with Gasteiger partial charge in [-0.05, 0) is 31.2 Å². The van der Waals surface area contributed by atoms with Crippen LogP contribution in [0.3, 0.4) is 0 Å². The first-order valence-electron chi connectivity index (χ1n) is 11.7. The predicted octanol–water partition coefficient (Wildman–Crippen LogP) is 2.72. The van der Waals surface area contributed by atoms with Crippen LogP contribution in [-0.2, 0) is 17.9 Å². The number of hydrogen-bond acceptors (Lipinski definition) is 6. The van der Waals surface area contributed by atoms with Crippen molar-refractivity contribution in [3.63, 3.8) is 0 Å². The molecule has 36 heavy (non-hydrogen) atoms. The van der Waals surface area contributed by atoms with Gasteiger partial charge in [-0.1, -0.05) is 32.9 Å². The third-order valence-corrected chi connectivity index (χ3v) is 5.60. The van der Waals surface area contributed by atoms with Crippen molar-refractivity contribution in [1.82, 2.24) is 30.4 Å². The minimum Gasteiger partial charge on any atom is -0.347 e. The van der Waals surface area contributed by atoms with E-state index in [0.29, 0.717) is 42.7 Å². The van der Waals surface area contributed by atoms with E-state index < -0.39 is 29.1 Å². The Balaban J connectivity index is 1.83. The second-order valence-electron chi connectivity index (χ2n) is 9.65. The molecule has 0 saturated heterocycles. The van der Waals surface area contributed by atoms with Gasteiger partial charge >= 0.3 is 0 Å². The molecule has 0 bridgehead atoms. The molecular formula is C25H30FN7O3. The lowest BCUT2D eigenvalue weighted by Crippen LogP contribution is -2.53. The maximum absolute atomic E-state index is 14.7. The average Bonchev–Trinajstić information content (AvgIpc) is 3.17. The molecule has 2 heterocycles. The molecule has 1 atom stereocenters. The van der Waals surface area contributed by atoms with Gasteiger partial charge in [0.25, 0.3) is 11.5 Å². The predicted molar refractivity (Wildman–Crippen MR) is 131 cm³/mol. The van der Waals surface area contributed by atoms with E-state index in [2.05, 4.69) is 31.8 Å². The molecule has 0 radical (unpaired) electrons. The van der Waals surface area contributed by atoms with E-state index in [9.17, 15) is 18.8 Å². The molecule has 2 amide bonds. The molecular weight excluding hydrogens is 465 g/mol. The molecule has 1 aromatic carbocycles. The van der Waals surface area contributed by atoms with E-state index >= 15 is 0 Å². The van der Waals surface area contributed by atoms with Crippen LogP contribution in [0.5, 0.6) is 0 Å². The number of nitriles is 1. The van der Waals surface area contributed by atoms with Crippen LogP contribution in [0.15, 0.2) is 29.1 Å². The molecule has 0 aliphatic rings. The van der Waals surface area contributed by atoms with Gasteiger partial charge in [-0.25, -0.2) is 9.37 Å². The Bertz CT molecular complexity index is 1360. The molecule has 3 aromatic rings. The van der Waals surface area contributed by atoms with Gasteiger partial charge in [0.05, 0.1) is 12.6 Å². The van der Waals surface area contributed by atoms with Gasteiger partial charge in [0.15, 0.2) is 5.69 Å². The third kappa shape index (κ3) is 6.33. The summed E-state index contributed by atoms with van der Waals surface area (Å²) < 4.78 is 16.1. The summed E-state index contributed by atoms with van der Waals surface area (Å²) in [7, 11) is 0. The number of carbonyl (C=O) groups excluding carboxylic acids is 2. The van der Waals surface area contributed by atoms with E-state index in [1.165, 1.54) is 22.9 Å². The number of carbonyl (C=O) groups is 2. The highest BCUT2D eigenvalue weighted by Crippen LogP contribution is 2.24. The van der Waals surface area contributed by atoms with Crippen LogP contribution in [0.4, 0.5) is 4.39 Å². The molecule has 0 saturated carbocycles. The number of para-hydroxylation sites is 1. The number of fused-ring (bicyclic) bond motifs is 1. The monoisotopic (exact) mass is 495 g/mol. The third-order valence-electron chi connectivity index (χ3n) is 5.60. The minimum absolute atomic E-state index is 0.0107. The molecule has 3 rings (SSSR count). The highest BCUT2D eigenvalue weighted by Gasteiger charge is 2.34. The second-order valence-corrected chi connectivity index (χ2v) is 9.65. The molecule has 10 nitrogen and oxygen atoms in total. The number of hydrogen-bond donors (Lipinski definition) is 3. The zero-order chi connectivity index (χ0) is 26.5. The van der Waals surface area contributed by atoms with Crippen molar-refractivity contribution >= 4 is 22.7 Å². The Kier molecular flexibility index (Phi) is 8.19. The van der Waals surface area contributed by atoms with E-state index in [1.54, 1.807) is 33.8 Å². The zero-order valence-electron chi connectivity index (χ0n) is 20.8. The fraction of sp³-hybridized carbons (Fsp3) is 0.440. The fourth-order valence-electron chi connectivity index (χ4n) is 3.86. The summed E-state index contributed by atoms with van der Waals surface area (Å²) >= 11 is 0. The number of aryl methyl sites for hydroxylation is 2. The number of H-pyrrole nitrogens is 1. The zero-order valence-corrected chi connectivity index (χ0v) is 20.8. The lowest BCUT2D eigenvalue weighted by molar-refractivity contribution is -0.125. The first kappa shape index (κ1) is 26.5. The number of aromatic nitrogens is 4. The molecule has 190 valence electrons. The molecule has 11 heteroatoms. The maximum Gasteiger partial charge on any atom is 0.273 e. The van der Waals surface area contributed by atoms with Crippen molar-refractivity contribution in [2.75, 3.05) is 0 Å². The van der Waals surface area contributed by atoms with Crippen molar-refractivity contribution in [3.05, 3.63) is 57.6 Å². The lowest BCUT2D eigenvalue weighted by Gasteiger charge is -2.30. The summed E-state index contributed by atoms with van der Waals surface area (Å²) in [5.41, 5.74) is -0.267. The fourth-order valence-corrected chi connectivity index (χ4v) is 3.86. The number of nitrogens with one attached hydrogen (secondary N) is 3. The summed E-state index contributed by atoms with van der Waals surface area (Å²) in [5.74, 6) is -1.29. The van der Waals surface area contributed by atoms with Crippen molar-refractivity contribution in [3.8, 4) is 6.07 Å². The summed E-state index contributed by atoms with van der Waals surface area (Å²) in [6.07, 6.45) is 1.60. The highest BCUT2D eigenvalue weighted by molar-refractivity contribution is 6.06. The van der Waals surface area contributed by atoms with Crippen LogP contribution in [0.2, 0.25) is 0 Å². The maximum atomic E-state index is 14.7. The minimum atomic E-state index is -0.953. The Hall–Kier alpha value is -4.07. The highest BCUT2D eigenvalue weighted by atomic mass is 19.1. The quantitative estimate of drug-likeness (QED) is 0.389. The molecule has 0 aliphatic heterocycles. The molecule has 0 spiro atoms. The van der Waals surface area contributed by atoms with Crippen LogP contribution >= 0.6 is 0 Å². The largest absolute Gasteiger partial charge is 0.347 e. The number of rotatable bonds is 9. The van der Waals surface area contributed by atoms with E-state index in [0.717, 1.165) is 0 Å². The summed E-state index contributed by atoms with van der Waals surface area (Å²) in [5, 5.41) is 18.9. The summed E-state index contributed by atoms with van der Waals surface area (Å²) in [6.45, 7) is 7.40. The summed E-state index contributed by atoms with van der Waals surface area (Å²) in [4.78, 5) is 44.8. The van der Waals surface area contributed by atoms with Crippen molar-refractivity contribution in [2.24, 2.45) is 5.41 Å². The molecule has 0 aliphatic carbocycles. The van der Waals surface area contributed by atoms with Crippen LogP contribution in [0, 0.1) is 29.5 Å². The van der Waals surface area contributed by atoms with E-state index in [1.807, 2.05) is 0 Å². The topological polar surface area (TPSA) is 146 Å². The van der Waals surface area contributed by atoms with Crippen LogP contribution in [0.25, 0.3) is 10.9 Å². The Labute approximate surface area is 207 Å². The summed E-state index contributed by atoms with van der Waals surface area (Å²) in [6, 6.07) is 6.87. The second kappa shape index (κ2) is 11.1. The van der Waals surface area contributed by atoms with Crippen molar-refractivity contribution in [2.45, 2.75) is 66.1 Å². The number of halogens is 1. The van der Waals surface area contributed by atoms with Crippen molar-refractivity contribution in [1.29, 1.82) is 5.26 Å². The van der Waals surface area contributed by atoms with Crippen LogP contribution in [-0.4, -0.2) is 37.6 Å². The Morgan fingerprint density at radius 2 is 2.03 bits per heavy atom.